The number of para-hydroxylation sites is 2. The van der Waals surface area contributed by atoms with Crippen molar-refractivity contribution in [2.45, 2.75) is 51.1 Å². The van der Waals surface area contributed by atoms with Crippen molar-refractivity contribution >= 4 is 46.5 Å². The Morgan fingerprint density at radius 1 is 0.727 bits per heavy atom. The standard InChI is InChI=1S/C44H41N5O6/c1-25-38-17-29-10-6-8-12-37(29)49(38)44(51)33-19-40(53-4)42(21-35(33)47-25)55-24-27-13-26(14-30(15-27)45-2)23-54-41-20-34-32(18-39(41)52-3)43(50)48-31(22-46-34)16-28-9-5-7-11-36(28)48/h5-15,18-22,25,31,38,45,47H,16-17,23-24H2,1-4H3/t25?,31-,38-/m0/s1. The zero-order valence-electron chi connectivity index (χ0n) is 31.1. The van der Waals surface area contributed by atoms with Gasteiger partial charge in [0, 0.05) is 54.9 Å². The lowest BCUT2D eigenvalue weighted by atomic mass is 10.0. The second-order valence-electron chi connectivity index (χ2n) is 14.3. The van der Waals surface area contributed by atoms with E-state index in [1.807, 2.05) is 83.7 Å². The van der Waals surface area contributed by atoms with Crippen molar-refractivity contribution in [3.8, 4) is 23.0 Å². The summed E-state index contributed by atoms with van der Waals surface area (Å²) >= 11 is 0. The summed E-state index contributed by atoms with van der Waals surface area (Å²) in [7, 11) is 5.01. The lowest BCUT2D eigenvalue weighted by molar-refractivity contribution is 0.0975. The molecule has 0 bridgehead atoms. The zero-order valence-corrected chi connectivity index (χ0v) is 31.1. The Kier molecular flexibility index (Phi) is 8.56. The number of benzene rings is 5. The molecule has 4 aliphatic heterocycles. The molecule has 0 saturated heterocycles. The summed E-state index contributed by atoms with van der Waals surface area (Å²) in [5.74, 6) is 1.75. The van der Waals surface area contributed by atoms with Gasteiger partial charge < -0.3 is 34.5 Å². The van der Waals surface area contributed by atoms with E-state index in [1.165, 1.54) is 5.56 Å². The number of aliphatic imine (C=N–C) groups is 1. The van der Waals surface area contributed by atoms with Crippen molar-refractivity contribution in [3.05, 3.63) is 124 Å². The number of hydrogen-bond acceptors (Lipinski definition) is 9. The van der Waals surface area contributed by atoms with Gasteiger partial charge in [-0.2, -0.15) is 0 Å². The molecule has 55 heavy (non-hydrogen) atoms. The molecule has 0 aliphatic carbocycles. The fourth-order valence-electron chi connectivity index (χ4n) is 8.26. The molecule has 4 heterocycles. The van der Waals surface area contributed by atoms with Gasteiger partial charge in [-0.05, 0) is 78.1 Å². The average molecular weight is 736 g/mol. The van der Waals surface area contributed by atoms with Crippen LogP contribution in [0, 0.1) is 0 Å². The van der Waals surface area contributed by atoms with Crippen LogP contribution in [0.5, 0.6) is 23.0 Å². The van der Waals surface area contributed by atoms with Gasteiger partial charge in [0.15, 0.2) is 23.0 Å². The first-order chi connectivity index (χ1) is 26.8. The van der Waals surface area contributed by atoms with Crippen LogP contribution in [0.2, 0.25) is 0 Å². The highest BCUT2D eigenvalue weighted by atomic mass is 16.5. The third-order valence-corrected chi connectivity index (χ3v) is 11.0. The molecule has 5 aromatic carbocycles. The molecule has 278 valence electrons. The maximum atomic E-state index is 14.0. The van der Waals surface area contributed by atoms with Crippen molar-refractivity contribution in [1.82, 2.24) is 0 Å². The number of fused-ring (bicyclic) bond motifs is 8. The van der Waals surface area contributed by atoms with E-state index in [2.05, 4.69) is 29.7 Å². The second-order valence-corrected chi connectivity index (χ2v) is 14.3. The van der Waals surface area contributed by atoms with E-state index in [0.717, 1.165) is 46.6 Å². The van der Waals surface area contributed by atoms with Gasteiger partial charge in [0.25, 0.3) is 11.8 Å². The monoisotopic (exact) mass is 735 g/mol. The number of ether oxygens (including phenoxy) is 4. The van der Waals surface area contributed by atoms with Crippen molar-refractivity contribution in [3.63, 3.8) is 0 Å². The van der Waals surface area contributed by atoms with Crippen LogP contribution < -0.4 is 39.4 Å². The number of rotatable bonds is 9. The van der Waals surface area contributed by atoms with Gasteiger partial charge >= 0.3 is 0 Å². The fourth-order valence-corrected chi connectivity index (χ4v) is 8.26. The zero-order chi connectivity index (χ0) is 37.8. The minimum atomic E-state index is -0.151. The molecule has 5 aromatic rings. The van der Waals surface area contributed by atoms with Crippen molar-refractivity contribution in [1.29, 1.82) is 0 Å². The van der Waals surface area contributed by atoms with Crippen LogP contribution in [0.1, 0.15) is 49.9 Å². The van der Waals surface area contributed by atoms with Gasteiger partial charge in [0.1, 0.15) is 13.2 Å². The highest BCUT2D eigenvalue weighted by Gasteiger charge is 2.41. The average Bonchev–Trinajstić information content (AvgIpc) is 3.73. The van der Waals surface area contributed by atoms with Crippen LogP contribution in [0.4, 0.5) is 28.4 Å². The normalized spacial score (nSPS) is 18.8. The topological polar surface area (TPSA) is 114 Å². The van der Waals surface area contributed by atoms with Crippen LogP contribution in [-0.2, 0) is 26.1 Å². The fraction of sp³-hybridized carbons (Fsp3) is 0.250. The quantitative estimate of drug-likeness (QED) is 0.159. The number of anilines is 4. The van der Waals surface area contributed by atoms with E-state index in [1.54, 1.807) is 32.4 Å². The maximum Gasteiger partial charge on any atom is 0.261 e. The summed E-state index contributed by atoms with van der Waals surface area (Å²) in [6.45, 7) is 2.58. The van der Waals surface area contributed by atoms with E-state index >= 15 is 0 Å². The predicted octanol–water partition coefficient (Wildman–Crippen LogP) is 7.58. The Morgan fingerprint density at radius 3 is 2.00 bits per heavy atom. The summed E-state index contributed by atoms with van der Waals surface area (Å²) in [5, 5.41) is 6.83. The van der Waals surface area contributed by atoms with Gasteiger partial charge in [-0.15, -0.1) is 0 Å². The molecule has 0 fully saturated rings. The molecule has 2 N–H and O–H groups in total. The molecule has 3 atom stereocenters. The molecule has 2 amide bonds. The summed E-state index contributed by atoms with van der Waals surface area (Å²) in [5.41, 5.74) is 9.12. The van der Waals surface area contributed by atoms with Gasteiger partial charge in [0.05, 0.1) is 48.8 Å². The van der Waals surface area contributed by atoms with Gasteiger partial charge in [-0.1, -0.05) is 36.4 Å². The number of nitrogens with one attached hydrogen (secondary N) is 2. The molecule has 4 aliphatic rings. The van der Waals surface area contributed by atoms with Gasteiger partial charge in [-0.3, -0.25) is 19.5 Å². The molecular weight excluding hydrogens is 695 g/mol. The molecule has 11 heteroatoms. The van der Waals surface area contributed by atoms with Crippen LogP contribution in [-0.4, -0.2) is 57.4 Å². The minimum absolute atomic E-state index is 0.00514. The van der Waals surface area contributed by atoms with Gasteiger partial charge in [0.2, 0.25) is 0 Å². The number of methoxy groups -OCH3 is 2. The number of amides is 2. The first-order valence-electron chi connectivity index (χ1n) is 18.5. The molecule has 0 saturated carbocycles. The summed E-state index contributed by atoms with van der Waals surface area (Å²) < 4.78 is 24.2. The molecule has 11 nitrogen and oxygen atoms in total. The Morgan fingerprint density at radius 2 is 1.33 bits per heavy atom. The van der Waals surface area contributed by atoms with Crippen LogP contribution in [0.15, 0.2) is 96.0 Å². The number of carbonyl (C=O) groups is 2. The molecule has 0 spiro atoms. The first-order valence-corrected chi connectivity index (χ1v) is 18.5. The lowest BCUT2D eigenvalue weighted by Gasteiger charge is -2.27. The molecule has 1 unspecified atom stereocenters. The Bertz CT molecular complexity index is 2390. The third-order valence-electron chi connectivity index (χ3n) is 11.0. The third kappa shape index (κ3) is 5.96. The summed E-state index contributed by atoms with van der Waals surface area (Å²) in [6.07, 6.45) is 3.36. The van der Waals surface area contributed by atoms with Crippen molar-refractivity contribution in [2.24, 2.45) is 4.99 Å². The summed E-state index contributed by atoms with van der Waals surface area (Å²) in [6, 6.07) is 29.1. The van der Waals surface area contributed by atoms with E-state index in [0.29, 0.717) is 45.5 Å². The predicted molar refractivity (Wildman–Crippen MR) is 213 cm³/mol. The molecule has 0 aromatic heterocycles. The Balaban J connectivity index is 0.939. The SMILES string of the molecule is CNc1cc(COc2cc3c(cc2OC)C(=O)N2c4ccccc4C[C@H]2C=N3)cc(COc2cc3c(cc2OC)C(=O)N2c4ccccc4C[C@H]2C(C)N3)c1. The second kappa shape index (κ2) is 13.7. The lowest BCUT2D eigenvalue weighted by Crippen LogP contribution is -2.44. The maximum absolute atomic E-state index is 14.0. The number of nitrogens with zero attached hydrogens (tertiary/aromatic N) is 3. The van der Waals surface area contributed by atoms with Gasteiger partial charge in [-0.25, -0.2) is 0 Å². The van der Waals surface area contributed by atoms with Crippen LogP contribution >= 0.6 is 0 Å². The number of carbonyl (C=O) groups excluding carboxylic acids is 2. The van der Waals surface area contributed by atoms with Crippen LogP contribution in [0.3, 0.4) is 0 Å². The van der Waals surface area contributed by atoms with E-state index in [-0.39, 0.29) is 43.2 Å². The highest BCUT2D eigenvalue weighted by molar-refractivity contribution is 6.15. The molecular formula is C44H41N5O6. The largest absolute Gasteiger partial charge is 0.493 e. The van der Waals surface area contributed by atoms with Crippen LogP contribution in [0.25, 0.3) is 0 Å². The first kappa shape index (κ1) is 34.3. The Labute approximate surface area is 319 Å². The molecule has 9 rings (SSSR count). The van der Waals surface area contributed by atoms with E-state index in [4.69, 9.17) is 23.9 Å². The van der Waals surface area contributed by atoms with E-state index in [9.17, 15) is 9.59 Å². The highest BCUT2D eigenvalue weighted by Crippen LogP contribution is 2.43. The minimum Gasteiger partial charge on any atom is -0.493 e. The smallest absolute Gasteiger partial charge is 0.261 e. The summed E-state index contributed by atoms with van der Waals surface area (Å²) in [4.78, 5) is 36.3. The Hall–Kier alpha value is -6.49. The molecule has 0 radical (unpaired) electrons. The van der Waals surface area contributed by atoms with Crippen molar-refractivity contribution in [2.75, 3.05) is 41.7 Å². The number of hydrogen-bond donors (Lipinski definition) is 2. The van der Waals surface area contributed by atoms with Crippen molar-refractivity contribution < 1.29 is 28.5 Å². The van der Waals surface area contributed by atoms with E-state index < -0.39 is 0 Å².